The van der Waals surface area contributed by atoms with Gasteiger partial charge in [0, 0.05) is 12.7 Å². The molecule has 110 valence electrons. The summed E-state index contributed by atoms with van der Waals surface area (Å²) in [6.45, 7) is 1.88. The fourth-order valence-electron chi connectivity index (χ4n) is 2.48. The van der Waals surface area contributed by atoms with E-state index in [0.717, 1.165) is 23.7 Å². The molecule has 1 aromatic carbocycles. The van der Waals surface area contributed by atoms with Crippen LogP contribution in [0.2, 0.25) is 0 Å². The van der Waals surface area contributed by atoms with Crippen molar-refractivity contribution in [3.8, 4) is 0 Å². The molecule has 1 N–H and O–H groups in total. The molecule has 0 unspecified atom stereocenters. The molecular weight excluding hydrogens is 284 g/mol. The summed E-state index contributed by atoms with van der Waals surface area (Å²) < 4.78 is 1.81. The first kappa shape index (κ1) is 14.1. The minimum absolute atomic E-state index is 0.0130. The quantitative estimate of drug-likeness (QED) is 0.881. The molecule has 0 aliphatic heterocycles. The summed E-state index contributed by atoms with van der Waals surface area (Å²) in [5, 5.41) is 11.3. The molecule has 0 radical (unpaired) electrons. The standard InChI is InChI=1S/C15H18N4OS/c1-10(21-15-18-16-9-19(15)2)14(20)17-13-7-6-11-4-3-5-12(11)8-13/h6-10H,3-5H2,1-2H3,(H,17,20)/t10-/m0/s1. The normalized spacial score (nSPS) is 14.8. The fourth-order valence-corrected chi connectivity index (χ4v) is 3.27. The Bertz CT molecular complexity index is 667. The molecule has 5 nitrogen and oxygen atoms in total. The molecule has 1 aliphatic carbocycles. The number of aromatic nitrogens is 3. The van der Waals surface area contributed by atoms with E-state index < -0.39 is 0 Å². The minimum Gasteiger partial charge on any atom is -0.325 e. The third-order valence-corrected chi connectivity index (χ3v) is 4.84. The number of carbonyl (C=O) groups is 1. The Morgan fingerprint density at radius 3 is 2.95 bits per heavy atom. The molecule has 1 heterocycles. The second kappa shape index (κ2) is 5.89. The topological polar surface area (TPSA) is 59.8 Å². The fraction of sp³-hybridized carbons (Fsp3) is 0.400. The number of nitrogens with one attached hydrogen (secondary N) is 1. The Labute approximate surface area is 128 Å². The van der Waals surface area contributed by atoms with E-state index in [2.05, 4.69) is 27.6 Å². The number of fused-ring (bicyclic) bond motifs is 1. The average Bonchev–Trinajstić information content (AvgIpc) is 3.07. The summed E-state index contributed by atoms with van der Waals surface area (Å²) >= 11 is 1.41. The van der Waals surface area contributed by atoms with Gasteiger partial charge in [-0.25, -0.2) is 0 Å². The molecule has 2 aromatic rings. The summed E-state index contributed by atoms with van der Waals surface area (Å²) in [6, 6.07) is 6.21. The van der Waals surface area contributed by atoms with E-state index in [4.69, 9.17) is 0 Å². The van der Waals surface area contributed by atoms with Gasteiger partial charge in [0.2, 0.25) is 5.91 Å². The van der Waals surface area contributed by atoms with Crippen molar-refractivity contribution >= 4 is 23.4 Å². The zero-order valence-electron chi connectivity index (χ0n) is 12.2. The number of aryl methyl sites for hydroxylation is 3. The molecule has 0 bridgehead atoms. The molecule has 0 saturated carbocycles. The first-order valence-corrected chi connectivity index (χ1v) is 7.95. The Morgan fingerprint density at radius 1 is 1.38 bits per heavy atom. The average molecular weight is 302 g/mol. The molecule has 0 fully saturated rings. The lowest BCUT2D eigenvalue weighted by atomic mass is 10.1. The van der Waals surface area contributed by atoms with Crippen LogP contribution in [0.15, 0.2) is 29.7 Å². The molecule has 1 aromatic heterocycles. The molecule has 0 saturated heterocycles. The smallest absolute Gasteiger partial charge is 0.237 e. The number of rotatable bonds is 4. The number of hydrogen-bond acceptors (Lipinski definition) is 4. The summed E-state index contributed by atoms with van der Waals surface area (Å²) in [5.41, 5.74) is 3.65. The van der Waals surface area contributed by atoms with Gasteiger partial charge >= 0.3 is 0 Å². The predicted molar refractivity (Wildman–Crippen MR) is 83.4 cm³/mol. The summed E-state index contributed by atoms with van der Waals surface area (Å²) in [4.78, 5) is 12.3. The molecule has 0 spiro atoms. The van der Waals surface area contributed by atoms with Gasteiger partial charge in [0.25, 0.3) is 0 Å². The molecule has 1 amide bonds. The summed E-state index contributed by atoms with van der Waals surface area (Å²) in [6.07, 6.45) is 5.11. The number of nitrogens with zero attached hydrogens (tertiary/aromatic N) is 3. The highest BCUT2D eigenvalue weighted by Gasteiger charge is 2.18. The third kappa shape index (κ3) is 3.10. The van der Waals surface area contributed by atoms with Gasteiger partial charge in [0.15, 0.2) is 5.16 Å². The second-order valence-electron chi connectivity index (χ2n) is 5.31. The SMILES string of the molecule is C[C@H](Sc1nncn1C)C(=O)Nc1ccc2c(c1)CCC2. The Kier molecular flexibility index (Phi) is 3.96. The van der Waals surface area contributed by atoms with E-state index in [-0.39, 0.29) is 11.2 Å². The van der Waals surface area contributed by atoms with Gasteiger partial charge < -0.3 is 9.88 Å². The number of amides is 1. The molecule has 21 heavy (non-hydrogen) atoms. The van der Waals surface area contributed by atoms with E-state index in [1.807, 2.05) is 24.6 Å². The van der Waals surface area contributed by atoms with Crippen LogP contribution in [-0.2, 0) is 24.7 Å². The van der Waals surface area contributed by atoms with E-state index in [1.54, 1.807) is 6.33 Å². The van der Waals surface area contributed by atoms with Gasteiger partial charge in [-0.3, -0.25) is 4.79 Å². The molecule has 1 atom stereocenters. The maximum absolute atomic E-state index is 12.3. The van der Waals surface area contributed by atoms with Crippen LogP contribution in [0.4, 0.5) is 5.69 Å². The van der Waals surface area contributed by atoms with Gasteiger partial charge in [-0.05, 0) is 49.4 Å². The molecule has 3 rings (SSSR count). The van der Waals surface area contributed by atoms with Crippen molar-refractivity contribution < 1.29 is 4.79 Å². The van der Waals surface area contributed by atoms with Gasteiger partial charge in [0.05, 0.1) is 5.25 Å². The number of carbonyl (C=O) groups excluding carboxylic acids is 1. The lowest BCUT2D eigenvalue weighted by Gasteiger charge is -2.12. The highest BCUT2D eigenvalue weighted by Crippen LogP contribution is 2.26. The van der Waals surface area contributed by atoms with E-state index in [0.29, 0.717) is 0 Å². The van der Waals surface area contributed by atoms with Gasteiger partial charge in [-0.2, -0.15) is 0 Å². The second-order valence-corrected chi connectivity index (χ2v) is 6.62. The van der Waals surface area contributed by atoms with Gasteiger partial charge in [-0.1, -0.05) is 17.8 Å². The summed E-state index contributed by atoms with van der Waals surface area (Å²) in [5.74, 6) is -0.0130. The lowest BCUT2D eigenvalue weighted by molar-refractivity contribution is -0.115. The van der Waals surface area contributed by atoms with E-state index in [9.17, 15) is 4.79 Å². The highest BCUT2D eigenvalue weighted by atomic mass is 32.2. The predicted octanol–water partition coefficient (Wildman–Crippen LogP) is 2.42. The van der Waals surface area contributed by atoms with Crippen molar-refractivity contribution in [3.05, 3.63) is 35.7 Å². The van der Waals surface area contributed by atoms with Crippen molar-refractivity contribution in [2.24, 2.45) is 7.05 Å². The first-order chi connectivity index (χ1) is 10.1. The van der Waals surface area contributed by atoms with Crippen molar-refractivity contribution in [1.29, 1.82) is 0 Å². The molecular formula is C15H18N4OS. The van der Waals surface area contributed by atoms with Crippen LogP contribution in [-0.4, -0.2) is 25.9 Å². The Hall–Kier alpha value is -1.82. The van der Waals surface area contributed by atoms with Crippen LogP contribution in [0, 0.1) is 0 Å². The maximum atomic E-state index is 12.3. The number of benzene rings is 1. The molecule has 6 heteroatoms. The number of thioether (sulfide) groups is 1. The van der Waals surface area contributed by atoms with E-state index in [1.165, 1.54) is 29.3 Å². The molecule has 1 aliphatic rings. The zero-order chi connectivity index (χ0) is 14.8. The Balaban J connectivity index is 1.64. The van der Waals surface area contributed by atoms with Crippen LogP contribution in [0.25, 0.3) is 0 Å². The van der Waals surface area contributed by atoms with E-state index >= 15 is 0 Å². The zero-order valence-corrected chi connectivity index (χ0v) is 13.0. The number of anilines is 1. The van der Waals surface area contributed by atoms with Crippen molar-refractivity contribution in [3.63, 3.8) is 0 Å². The maximum Gasteiger partial charge on any atom is 0.237 e. The minimum atomic E-state index is -0.221. The largest absolute Gasteiger partial charge is 0.325 e. The third-order valence-electron chi connectivity index (χ3n) is 3.69. The monoisotopic (exact) mass is 302 g/mol. The van der Waals surface area contributed by atoms with Crippen molar-refractivity contribution in [1.82, 2.24) is 14.8 Å². The number of hydrogen-bond donors (Lipinski definition) is 1. The lowest BCUT2D eigenvalue weighted by Crippen LogP contribution is -2.22. The highest BCUT2D eigenvalue weighted by molar-refractivity contribution is 8.00. The van der Waals surface area contributed by atoms with Crippen LogP contribution < -0.4 is 5.32 Å². The van der Waals surface area contributed by atoms with Crippen LogP contribution in [0.5, 0.6) is 0 Å². The summed E-state index contributed by atoms with van der Waals surface area (Å²) in [7, 11) is 1.87. The van der Waals surface area contributed by atoms with Crippen molar-refractivity contribution in [2.75, 3.05) is 5.32 Å². The first-order valence-electron chi connectivity index (χ1n) is 7.07. The van der Waals surface area contributed by atoms with Crippen LogP contribution >= 0.6 is 11.8 Å². The van der Waals surface area contributed by atoms with Crippen molar-refractivity contribution in [2.45, 2.75) is 36.6 Å². The van der Waals surface area contributed by atoms with Gasteiger partial charge in [0.1, 0.15) is 6.33 Å². The van der Waals surface area contributed by atoms with Crippen LogP contribution in [0.1, 0.15) is 24.5 Å². The Morgan fingerprint density at radius 2 is 2.19 bits per heavy atom. The van der Waals surface area contributed by atoms with Gasteiger partial charge in [-0.15, -0.1) is 10.2 Å². The van der Waals surface area contributed by atoms with Crippen LogP contribution in [0.3, 0.4) is 0 Å².